The Bertz CT molecular complexity index is 1160. The Balaban J connectivity index is 2.01. The van der Waals surface area contributed by atoms with Crippen LogP contribution in [0.5, 0.6) is 0 Å². The van der Waals surface area contributed by atoms with Crippen molar-refractivity contribution in [1.82, 2.24) is 9.29 Å². The van der Waals surface area contributed by atoms with Gasteiger partial charge in [-0.15, -0.1) is 0 Å². The van der Waals surface area contributed by atoms with Crippen molar-refractivity contribution in [3.8, 4) is 0 Å². The van der Waals surface area contributed by atoms with E-state index >= 15 is 0 Å². The van der Waals surface area contributed by atoms with Crippen molar-refractivity contribution in [1.29, 1.82) is 0 Å². The number of allylic oxidation sites excluding steroid dienone is 1. The fourth-order valence-electron chi connectivity index (χ4n) is 2.81. The summed E-state index contributed by atoms with van der Waals surface area (Å²) in [5.74, 6) is -3.33. The molecule has 2 N–H and O–H groups in total. The maximum atomic E-state index is 13.4. The standard InChI is InChI=1S/C17H13ClF5N3O3S/c1-8(17(21,22)23)25-30(28,29)15-12-3-2-6-26(12)14(13(15)18)16(27)24-9-4-5-10(19)11(20)7-9/h2-5,7-8,25H,6H2,1H3,(H,24,27). The summed E-state index contributed by atoms with van der Waals surface area (Å²) in [4.78, 5) is 12.0. The molecule has 2 aromatic rings. The first-order valence-electron chi connectivity index (χ1n) is 8.27. The Hall–Kier alpha value is -2.44. The van der Waals surface area contributed by atoms with E-state index in [-0.39, 0.29) is 23.6 Å². The maximum Gasteiger partial charge on any atom is 0.404 e. The van der Waals surface area contributed by atoms with Crippen molar-refractivity contribution < 1.29 is 35.2 Å². The lowest BCUT2D eigenvalue weighted by molar-refractivity contribution is -0.147. The van der Waals surface area contributed by atoms with Crippen molar-refractivity contribution in [3.63, 3.8) is 0 Å². The summed E-state index contributed by atoms with van der Waals surface area (Å²) in [6, 6.07) is 0.145. The molecule has 1 unspecified atom stereocenters. The Kier molecular flexibility index (Phi) is 5.69. The highest BCUT2D eigenvalue weighted by Gasteiger charge is 2.41. The molecule has 0 saturated carbocycles. The molecular formula is C17H13ClF5N3O3S. The average Bonchev–Trinajstić information content (AvgIpc) is 3.15. The molecule has 1 aliphatic rings. The van der Waals surface area contributed by atoms with Crippen LogP contribution in [0.4, 0.5) is 27.6 Å². The summed E-state index contributed by atoms with van der Waals surface area (Å²) in [6.07, 6.45) is -2.07. The molecule has 0 bridgehead atoms. The van der Waals surface area contributed by atoms with Crippen LogP contribution in [0.15, 0.2) is 29.2 Å². The van der Waals surface area contributed by atoms with Crippen molar-refractivity contribution in [2.45, 2.75) is 30.6 Å². The largest absolute Gasteiger partial charge is 0.404 e. The monoisotopic (exact) mass is 469 g/mol. The minimum Gasteiger partial charge on any atom is -0.331 e. The second kappa shape index (κ2) is 7.67. The van der Waals surface area contributed by atoms with Gasteiger partial charge in [0.1, 0.15) is 16.6 Å². The first-order valence-corrected chi connectivity index (χ1v) is 10.1. The number of nitrogens with zero attached hydrogens (tertiary/aromatic N) is 1. The predicted octanol–water partition coefficient (Wildman–Crippen LogP) is 3.93. The number of hydrogen-bond acceptors (Lipinski definition) is 3. The number of fused-ring (bicyclic) bond motifs is 1. The van der Waals surface area contributed by atoms with E-state index in [2.05, 4.69) is 5.32 Å². The highest BCUT2D eigenvalue weighted by molar-refractivity contribution is 7.89. The molecule has 0 saturated heterocycles. The molecule has 0 fully saturated rings. The first kappa shape index (κ1) is 22.2. The SMILES string of the molecule is CC(NS(=O)(=O)c1c(Cl)c(C(=O)Nc2ccc(F)c(F)c2)n2c1C=CC2)C(F)(F)F. The van der Waals surface area contributed by atoms with Crippen LogP contribution in [0.2, 0.25) is 5.02 Å². The van der Waals surface area contributed by atoms with Gasteiger partial charge in [-0.1, -0.05) is 17.7 Å². The van der Waals surface area contributed by atoms with Crippen LogP contribution >= 0.6 is 11.6 Å². The zero-order valence-corrected chi connectivity index (χ0v) is 16.6. The molecule has 2 heterocycles. The lowest BCUT2D eigenvalue weighted by Gasteiger charge is -2.17. The zero-order chi connectivity index (χ0) is 22.4. The van der Waals surface area contributed by atoms with Gasteiger partial charge in [-0.3, -0.25) is 4.79 Å². The molecule has 13 heteroatoms. The van der Waals surface area contributed by atoms with Gasteiger partial charge in [0.25, 0.3) is 5.91 Å². The molecule has 30 heavy (non-hydrogen) atoms. The molecule has 0 spiro atoms. The smallest absolute Gasteiger partial charge is 0.331 e. The van der Waals surface area contributed by atoms with Gasteiger partial charge in [0.15, 0.2) is 11.6 Å². The summed E-state index contributed by atoms with van der Waals surface area (Å²) in [7, 11) is -4.76. The van der Waals surface area contributed by atoms with Gasteiger partial charge in [0.2, 0.25) is 10.0 Å². The van der Waals surface area contributed by atoms with Crippen molar-refractivity contribution >= 4 is 39.3 Å². The zero-order valence-electron chi connectivity index (χ0n) is 15.0. The molecule has 6 nitrogen and oxygen atoms in total. The van der Waals surface area contributed by atoms with Gasteiger partial charge in [0, 0.05) is 18.3 Å². The topological polar surface area (TPSA) is 80.2 Å². The molecule has 3 rings (SSSR count). The number of halogens is 6. The third-order valence-corrected chi connectivity index (χ3v) is 6.34. The number of hydrogen-bond donors (Lipinski definition) is 2. The van der Waals surface area contributed by atoms with Crippen LogP contribution in [-0.4, -0.2) is 31.1 Å². The summed E-state index contributed by atoms with van der Waals surface area (Å²) < 4.78 is 92.7. The first-order chi connectivity index (χ1) is 13.8. The fourth-order valence-corrected chi connectivity index (χ4v) is 4.90. The number of benzene rings is 1. The van der Waals surface area contributed by atoms with E-state index in [1.807, 2.05) is 0 Å². The second-order valence-corrected chi connectivity index (χ2v) is 8.39. The second-order valence-electron chi connectivity index (χ2n) is 6.36. The average molecular weight is 470 g/mol. The van der Waals surface area contributed by atoms with Gasteiger partial charge in [-0.25, -0.2) is 17.2 Å². The van der Waals surface area contributed by atoms with Crippen molar-refractivity contribution in [2.75, 3.05) is 5.32 Å². The number of carbonyl (C=O) groups excluding carboxylic acids is 1. The molecular weight excluding hydrogens is 457 g/mol. The number of nitrogens with one attached hydrogen (secondary N) is 2. The van der Waals surface area contributed by atoms with Gasteiger partial charge in [-0.2, -0.15) is 17.9 Å². The number of aromatic nitrogens is 1. The predicted molar refractivity (Wildman–Crippen MR) is 98.6 cm³/mol. The molecule has 1 amide bonds. The fraction of sp³-hybridized carbons (Fsp3) is 0.235. The molecule has 1 atom stereocenters. The number of sulfonamides is 1. The lowest BCUT2D eigenvalue weighted by atomic mass is 10.3. The minimum absolute atomic E-state index is 0.0277. The van der Waals surface area contributed by atoms with Crippen LogP contribution in [0.3, 0.4) is 0 Å². The maximum absolute atomic E-state index is 13.4. The normalized spacial score (nSPS) is 14.6. The van der Waals surface area contributed by atoms with E-state index in [1.165, 1.54) is 21.4 Å². The number of amides is 1. The van der Waals surface area contributed by atoms with Crippen LogP contribution in [0, 0.1) is 11.6 Å². The van der Waals surface area contributed by atoms with Gasteiger partial charge in [-0.05, 0) is 25.1 Å². The highest BCUT2D eigenvalue weighted by Crippen LogP contribution is 2.36. The Morgan fingerprint density at radius 1 is 1.23 bits per heavy atom. The van der Waals surface area contributed by atoms with E-state index in [9.17, 15) is 35.2 Å². The number of carbonyl (C=O) groups is 1. The summed E-state index contributed by atoms with van der Waals surface area (Å²) in [6.45, 7) is 0.647. The van der Waals surface area contributed by atoms with E-state index < -0.39 is 49.7 Å². The molecule has 0 aliphatic carbocycles. The third-order valence-electron chi connectivity index (χ3n) is 4.25. The van der Waals surface area contributed by atoms with E-state index in [1.54, 1.807) is 0 Å². The Labute approximate surface area is 172 Å². The minimum atomic E-state index is -4.84. The molecule has 1 aliphatic heterocycles. The molecule has 162 valence electrons. The number of alkyl halides is 3. The summed E-state index contributed by atoms with van der Waals surface area (Å²) >= 11 is 6.10. The van der Waals surface area contributed by atoms with E-state index in [4.69, 9.17) is 11.6 Å². The Morgan fingerprint density at radius 2 is 1.90 bits per heavy atom. The molecule has 0 radical (unpaired) electrons. The van der Waals surface area contributed by atoms with Crippen LogP contribution in [0.25, 0.3) is 6.08 Å². The van der Waals surface area contributed by atoms with Gasteiger partial charge < -0.3 is 9.88 Å². The Morgan fingerprint density at radius 3 is 2.50 bits per heavy atom. The van der Waals surface area contributed by atoms with Gasteiger partial charge >= 0.3 is 6.18 Å². The summed E-state index contributed by atoms with van der Waals surface area (Å²) in [5, 5.41) is 1.65. The van der Waals surface area contributed by atoms with E-state index in [0.717, 1.165) is 12.1 Å². The lowest BCUT2D eigenvalue weighted by Crippen LogP contribution is -2.43. The van der Waals surface area contributed by atoms with Crippen molar-refractivity contribution in [3.05, 3.63) is 52.3 Å². The molecule has 1 aromatic carbocycles. The number of anilines is 1. The van der Waals surface area contributed by atoms with Crippen LogP contribution < -0.4 is 10.0 Å². The van der Waals surface area contributed by atoms with Crippen molar-refractivity contribution in [2.24, 2.45) is 0 Å². The van der Waals surface area contributed by atoms with Gasteiger partial charge in [0.05, 0.1) is 10.7 Å². The van der Waals surface area contributed by atoms with Crippen LogP contribution in [-0.2, 0) is 16.6 Å². The quantitative estimate of drug-likeness (QED) is 0.651. The van der Waals surface area contributed by atoms with E-state index in [0.29, 0.717) is 13.0 Å². The number of rotatable bonds is 5. The van der Waals surface area contributed by atoms with Crippen LogP contribution in [0.1, 0.15) is 23.1 Å². The third kappa shape index (κ3) is 4.07. The summed E-state index contributed by atoms with van der Waals surface area (Å²) in [5.41, 5.74) is -0.580. The molecule has 1 aromatic heterocycles. The highest BCUT2D eigenvalue weighted by atomic mass is 35.5.